The molecule has 0 radical (unpaired) electrons. The minimum atomic E-state index is -0.146. The van der Waals surface area contributed by atoms with E-state index >= 15 is 0 Å². The van der Waals surface area contributed by atoms with E-state index < -0.39 is 0 Å². The topological polar surface area (TPSA) is 64.1 Å². The first kappa shape index (κ1) is 17.0. The van der Waals surface area contributed by atoms with Crippen LogP contribution in [0.4, 0.5) is 0 Å². The van der Waals surface area contributed by atoms with Crippen molar-refractivity contribution in [2.45, 2.75) is 45.3 Å². The van der Waals surface area contributed by atoms with Crippen LogP contribution in [0.5, 0.6) is 0 Å². The highest BCUT2D eigenvalue weighted by molar-refractivity contribution is 7.09. The van der Waals surface area contributed by atoms with Crippen LogP contribution in [-0.4, -0.2) is 22.5 Å². The molecule has 0 aromatic carbocycles. The van der Waals surface area contributed by atoms with Crippen molar-refractivity contribution in [2.24, 2.45) is 5.92 Å². The van der Waals surface area contributed by atoms with Gasteiger partial charge in [0.25, 0.3) is 5.91 Å². The number of aromatic nitrogens is 2. The number of carbonyl (C=O) groups excluding carboxylic acids is 1. The number of nitrogens with one attached hydrogen (secondary N) is 1. The summed E-state index contributed by atoms with van der Waals surface area (Å²) in [5, 5.41) is 5.80. The first-order valence-corrected chi connectivity index (χ1v) is 9.30. The van der Waals surface area contributed by atoms with E-state index in [0.717, 1.165) is 36.6 Å². The molecule has 128 valence electrons. The van der Waals surface area contributed by atoms with E-state index in [1.165, 1.54) is 11.3 Å². The summed E-state index contributed by atoms with van der Waals surface area (Å²) >= 11 is 1.50. The molecule has 1 aliphatic heterocycles. The Kier molecular flexibility index (Phi) is 5.58. The third kappa shape index (κ3) is 4.19. The molecule has 3 heterocycles. The van der Waals surface area contributed by atoms with Crippen LogP contribution >= 0.6 is 11.3 Å². The van der Waals surface area contributed by atoms with Crippen molar-refractivity contribution in [3.05, 3.63) is 46.2 Å². The highest BCUT2D eigenvalue weighted by Gasteiger charge is 2.24. The molecule has 6 heteroatoms. The van der Waals surface area contributed by atoms with Crippen molar-refractivity contribution in [3.8, 4) is 0 Å². The zero-order valence-corrected chi connectivity index (χ0v) is 14.9. The molecule has 0 aliphatic carbocycles. The zero-order chi connectivity index (χ0) is 16.9. The fourth-order valence-electron chi connectivity index (χ4n) is 2.85. The van der Waals surface area contributed by atoms with E-state index in [0.29, 0.717) is 11.6 Å². The number of rotatable bonds is 6. The lowest BCUT2D eigenvalue weighted by atomic mass is 10.0. The molecule has 2 aromatic heterocycles. The summed E-state index contributed by atoms with van der Waals surface area (Å²) in [7, 11) is 0. The average Bonchev–Trinajstić information content (AvgIpc) is 3.25. The summed E-state index contributed by atoms with van der Waals surface area (Å²) < 4.78 is 5.64. The lowest BCUT2D eigenvalue weighted by Gasteiger charge is -2.19. The van der Waals surface area contributed by atoms with E-state index in [1.807, 2.05) is 23.6 Å². The van der Waals surface area contributed by atoms with Gasteiger partial charge in [-0.25, -0.2) is 4.98 Å². The molecule has 0 spiro atoms. The monoisotopic (exact) mass is 345 g/mol. The zero-order valence-electron chi connectivity index (χ0n) is 14.1. The lowest BCUT2D eigenvalue weighted by molar-refractivity contribution is 0.0923. The summed E-state index contributed by atoms with van der Waals surface area (Å²) in [6.45, 7) is 5.06. The van der Waals surface area contributed by atoms with Gasteiger partial charge in [-0.05, 0) is 37.3 Å². The van der Waals surface area contributed by atoms with Gasteiger partial charge in [0, 0.05) is 18.2 Å². The van der Waals surface area contributed by atoms with E-state index in [4.69, 9.17) is 4.74 Å². The van der Waals surface area contributed by atoms with Crippen LogP contribution in [0.3, 0.4) is 0 Å². The molecular weight excluding hydrogens is 322 g/mol. The van der Waals surface area contributed by atoms with Crippen molar-refractivity contribution in [1.82, 2.24) is 15.3 Å². The Labute approximate surface area is 146 Å². The molecule has 24 heavy (non-hydrogen) atoms. The number of pyridine rings is 1. The molecular formula is C18H23N3O2S. The molecule has 1 amide bonds. The van der Waals surface area contributed by atoms with Gasteiger partial charge >= 0.3 is 0 Å². The summed E-state index contributed by atoms with van der Waals surface area (Å²) in [4.78, 5) is 21.5. The molecule has 0 bridgehead atoms. The summed E-state index contributed by atoms with van der Waals surface area (Å²) in [6, 6.07) is 5.67. The molecule has 1 saturated heterocycles. The maximum Gasteiger partial charge on any atom is 0.271 e. The second-order valence-electron chi connectivity index (χ2n) is 6.48. The number of hydrogen-bond donors (Lipinski definition) is 1. The van der Waals surface area contributed by atoms with Gasteiger partial charge in [-0.1, -0.05) is 19.9 Å². The van der Waals surface area contributed by atoms with Gasteiger partial charge in [0.2, 0.25) is 0 Å². The van der Waals surface area contributed by atoms with Crippen LogP contribution in [0.15, 0.2) is 29.8 Å². The third-order valence-corrected chi connectivity index (χ3v) is 4.95. The van der Waals surface area contributed by atoms with Crippen molar-refractivity contribution in [2.75, 3.05) is 6.61 Å². The van der Waals surface area contributed by atoms with E-state index in [-0.39, 0.29) is 18.1 Å². The number of nitrogens with zero attached hydrogens (tertiary/aromatic N) is 2. The standard InChI is InChI=1S/C18H23N3O2S/c1-12(2)10-14(13-6-3-4-8-19-13)20-17(22)15-11-24-18(21-15)16-7-5-9-23-16/h3-4,6,8,11-12,14,16H,5,7,9-10H2,1-2H3,(H,20,22)/t14-,16-/m0/s1. The fourth-order valence-corrected chi connectivity index (χ4v) is 3.73. The van der Waals surface area contributed by atoms with Crippen molar-refractivity contribution < 1.29 is 9.53 Å². The number of carbonyl (C=O) groups is 1. The van der Waals surface area contributed by atoms with Gasteiger partial charge in [0.1, 0.15) is 16.8 Å². The van der Waals surface area contributed by atoms with Gasteiger partial charge in [-0.15, -0.1) is 11.3 Å². The maximum atomic E-state index is 12.6. The number of amides is 1. The van der Waals surface area contributed by atoms with Gasteiger partial charge in [-0.3, -0.25) is 9.78 Å². The molecule has 0 unspecified atom stereocenters. The molecule has 1 fully saturated rings. The quantitative estimate of drug-likeness (QED) is 0.862. The Hall–Kier alpha value is -1.79. The largest absolute Gasteiger partial charge is 0.371 e. The maximum absolute atomic E-state index is 12.6. The molecule has 1 aliphatic rings. The molecule has 2 aromatic rings. The van der Waals surface area contributed by atoms with Crippen LogP contribution in [0.2, 0.25) is 0 Å². The van der Waals surface area contributed by atoms with Crippen LogP contribution in [-0.2, 0) is 4.74 Å². The Bertz CT molecular complexity index is 666. The third-order valence-electron chi connectivity index (χ3n) is 4.02. The first-order valence-electron chi connectivity index (χ1n) is 8.42. The molecule has 0 saturated carbocycles. The van der Waals surface area contributed by atoms with E-state index in [1.54, 1.807) is 6.20 Å². The van der Waals surface area contributed by atoms with Gasteiger partial charge < -0.3 is 10.1 Å². The highest BCUT2D eigenvalue weighted by Crippen LogP contribution is 2.30. The van der Waals surface area contributed by atoms with Crippen LogP contribution in [0.1, 0.15) is 66.4 Å². The van der Waals surface area contributed by atoms with Crippen molar-refractivity contribution in [3.63, 3.8) is 0 Å². The average molecular weight is 345 g/mol. The minimum absolute atomic E-state index is 0.0544. The SMILES string of the molecule is CC(C)C[C@H](NC(=O)c1csc([C@@H]2CCCO2)n1)c1ccccn1. The van der Waals surface area contributed by atoms with Gasteiger partial charge in [0.15, 0.2) is 0 Å². The number of hydrogen-bond acceptors (Lipinski definition) is 5. The van der Waals surface area contributed by atoms with Gasteiger partial charge in [0.05, 0.1) is 11.7 Å². The van der Waals surface area contributed by atoms with Crippen molar-refractivity contribution in [1.29, 1.82) is 0 Å². The number of ether oxygens (including phenoxy) is 1. The highest BCUT2D eigenvalue weighted by atomic mass is 32.1. The second kappa shape index (κ2) is 7.85. The molecule has 2 atom stereocenters. The Morgan fingerprint density at radius 1 is 1.46 bits per heavy atom. The van der Waals surface area contributed by atoms with E-state index in [2.05, 4.69) is 29.1 Å². The fraction of sp³-hybridized carbons (Fsp3) is 0.500. The summed E-state index contributed by atoms with van der Waals surface area (Å²) in [5.74, 6) is 0.307. The predicted octanol–water partition coefficient (Wildman–Crippen LogP) is 3.91. The Morgan fingerprint density at radius 3 is 3.00 bits per heavy atom. The first-order chi connectivity index (χ1) is 11.6. The van der Waals surface area contributed by atoms with Gasteiger partial charge in [-0.2, -0.15) is 0 Å². The summed E-state index contributed by atoms with van der Waals surface area (Å²) in [5.41, 5.74) is 1.35. The smallest absolute Gasteiger partial charge is 0.271 e. The number of thiazole rings is 1. The van der Waals surface area contributed by atoms with E-state index in [9.17, 15) is 4.79 Å². The lowest BCUT2D eigenvalue weighted by Crippen LogP contribution is -2.30. The second-order valence-corrected chi connectivity index (χ2v) is 7.37. The summed E-state index contributed by atoms with van der Waals surface area (Å²) in [6.07, 6.45) is 4.69. The molecule has 5 nitrogen and oxygen atoms in total. The molecule has 1 N–H and O–H groups in total. The van der Waals surface area contributed by atoms with Crippen LogP contribution in [0, 0.1) is 5.92 Å². The Morgan fingerprint density at radius 2 is 2.33 bits per heavy atom. The van der Waals surface area contributed by atoms with Crippen molar-refractivity contribution >= 4 is 17.2 Å². The molecule has 3 rings (SSSR count). The Balaban J connectivity index is 1.71. The minimum Gasteiger partial charge on any atom is -0.371 e. The predicted molar refractivity (Wildman–Crippen MR) is 93.9 cm³/mol. The van der Waals surface area contributed by atoms with Crippen LogP contribution in [0.25, 0.3) is 0 Å². The normalized spacial score (nSPS) is 18.7. The van der Waals surface area contributed by atoms with Crippen LogP contribution < -0.4 is 5.32 Å².